The van der Waals surface area contributed by atoms with Gasteiger partial charge >= 0.3 is 5.97 Å². The zero-order chi connectivity index (χ0) is 17.4. The summed E-state index contributed by atoms with van der Waals surface area (Å²) < 4.78 is 6.02. The maximum Gasteiger partial charge on any atom is 0.306 e. The van der Waals surface area contributed by atoms with Gasteiger partial charge in [0.25, 0.3) is 0 Å². The Bertz CT molecular complexity index is 639. The second kappa shape index (κ2) is 5.12. The number of aliphatic hydroxyl groups is 1. The highest BCUT2D eigenvalue weighted by molar-refractivity contribution is 5.72. The SMILES string of the molecule is CC12CCC(O)C=C1CCC1C2CCC2(C)C1CCC21CCC(=O)O1. The Morgan fingerprint density at radius 2 is 1.80 bits per heavy atom. The Hall–Kier alpha value is -0.830. The quantitative estimate of drug-likeness (QED) is 0.524. The van der Waals surface area contributed by atoms with E-state index < -0.39 is 0 Å². The van der Waals surface area contributed by atoms with E-state index in [1.807, 2.05) is 0 Å². The van der Waals surface area contributed by atoms with E-state index in [4.69, 9.17) is 4.74 Å². The number of carbonyl (C=O) groups excluding carboxylic acids is 1. The molecule has 4 aliphatic carbocycles. The van der Waals surface area contributed by atoms with Crippen LogP contribution in [0.3, 0.4) is 0 Å². The fraction of sp³-hybridized carbons (Fsp3) is 0.864. The number of allylic oxidation sites excluding steroid dienone is 1. The standard InChI is InChI=1S/C22H32O3/c1-20-9-5-15(23)13-14(20)3-4-16-17(20)6-10-21(2)18(16)7-11-22(21)12-8-19(24)25-22/h13,15-18,23H,3-12H2,1-2H3. The molecule has 0 aromatic rings. The first kappa shape index (κ1) is 16.4. The van der Waals surface area contributed by atoms with Gasteiger partial charge in [0.1, 0.15) is 5.60 Å². The number of fused-ring (bicyclic) bond motifs is 6. The van der Waals surface area contributed by atoms with E-state index in [2.05, 4.69) is 19.9 Å². The highest BCUT2D eigenvalue weighted by Crippen LogP contribution is 2.69. The van der Waals surface area contributed by atoms with Crippen molar-refractivity contribution in [3.8, 4) is 0 Å². The maximum atomic E-state index is 11.9. The lowest BCUT2D eigenvalue weighted by molar-refractivity contribution is -0.168. The van der Waals surface area contributed by atoms with Crippen molar-refractivity contribution in [2.45, 2.75) is 89.8 Å². The normalized spacial score (nSPS) is 54.5. The van der Waals surface area contributed by atoms with Crippen molar-refractivity contribution in [3.05, 3.63) is 11.6 Å². The Kier molecular flexibility index (Phi) is 3.35. The second-order valence-corrected chi connectivity index (χ2v) is 10.1. The molecule has 7 atom stereocenters. The zero-order valence-corrected chi connectivity index (χ0v) is 15.7. The summed E-state index contributed by atoms with van der Waals surface area (Å²) in [6, 6.07) is 0. The molecule has 3 heteroatoms. The first-order chi connectivity index (χ1) is 11.9. The molecule has 1 spiro atoms. The van der Waals surface area contributed by atoms with Crippen LogP contribution in [0, 0.1) is 28.6 Å². The zero-order valence-electron chi connectivity index (χ0n) is 15.7. The van der Waals surface area contributed by atoms with Crippen molar-refractivity contribution < 1.29 is 14.6 Å². The van der Waals surface area contributed by atoms with Gasteiger partial charge in [-0.3, -0.25) is 4.79 Å². The second-order valence-electron chi connectivity index (χ2n) is 10.1. The van der Waals surface area contributed by atoms with Crippen LogP contribution < -0.4 is 0 Å². The molecule has 1 heterocycles. The lowest BCUT2D eigenvalue weighted by Crippen LogP contribution is -2.54. The maximum absolute atomic E-state index is 11.9. The highest BCUT2D eigenvalue weighted by atomic mass is 16.6. The van der Waals surface area contributed by atoms with Crippen LogP contribution in [-0.2, 0) is 9.53 Å². The first-order valence-corrected chi connectivity index (χ1v) is 10.5. The molecule has 0 amide bonds. The topological polar surface area (TPSA) is 46.5 Å². The minimum atomic E-state index is -0.221. The molecule has 1 N–H and O–H groups in total. The minimum absolute atomic E-state index is 0.0334. The van der Waals surface area contributed by atoms with Crippen molar-refractivity contribution >= 4 is 5.97 Å². The van der Waals surface area contributed by atoms with Crippen molar-refractivity contribution in [1.29, 1.82) is 0 Å². The number of aliphatic hydroxyl groups excluding tert-OH is 1. The Morgan fingerprint density at radius 3 is 2.56 bits per heavy atom. The van der Waals surface area contributed by atoms with Crippen LogP contribution in [0.5, 0.6) is 0 Å². The van der Waals surface area contributed by atoms with Crippen molar-refractivity contribution in [3.63, 3.8) is 0 Å². The number of hydrogen-bond donors (Lipinski definition) is 1. The van der Waals surface area contributed by atoms with Gasteiger partial charge < -0.3 is 9.84 Å². The third kappa shape index (κ3) is 1.99. The van der Waals surface area contributed by atoms with Gasteiger partial charge in [0.05, 0.1) is 6.10 Å². The van der Waals surface area contributed by atoms with Gasteiger partial charge in [-0.05, 0) is 81.0 Å². The molecule has 7 unspecified atom stereocenters. The molecule has 3 nitrogen and oxygen atoms in total. The summed E-state index contributed by atoms with van der Waals surface area (Å²) in [5.41, 5.74) is 1.87. The largest absolute Gasteiger partial charge is 0.458 e. The minimum Gasteiger partial charge on any atom is -0.458 e. The summed E-state index contributed by atoms with van der Waals surface area (Å²) in [6.45, 7) is 4.92. The predicted molar refractivity (Wildman–Crippen MR) is 95.8 cm³/mol. The molecule has 4 fully saturated rings. The number of esters is 1. The molecule has 1 saturated heterocycles. The molecule has 138 valence electrons. The van der Waals surface area contributed by atoms with Gasteiger partial charge in [0.2, 0.25) is 0 Å². The molecule has 0 aromatic carbocycles. The van der Waals surface area contributed by atoms with Crippen molar-refractivity contribution in [2.24, 2.45) is 28.6 Å². The number of rotatable bonds is 0. The van der Waals surface area contributed by atoms with Crippen molar-refractivity contribution in [1.82, 2.24) is 0 Å². The summed E-state index contributed by atoms with van der Waals surface area (Å²) in [5, 5.41) is 10.1. The van der Waals surface area contributed by atoms with Crippen LogP contribution in [0.25, 0.3) is 0 Å². The molecule has 5 aliphatic rings. The highest BCUT2D eigenvalue weighted by Gasteiger charge is 2.66. The summed E-state index contributed by atoms with van der Waals surface area (Å²) in [7, 11) is 0. The van der Waals surface area contributed by atoms with Crippen molar-refractivity contribution in [2.75, 3.05) is 0 Å². The van der Waals surface area contributed by atoms with Crippen LogP contribution in [0.1, 0.15) is 78.1 Å². The first-order valence-electron chi connectivity index (χ1n) is 10.5. The number of carbonyl (C=O) groups is 1. The molecule has 1 aliphatic heterocycles. The van der Waals surface area contributed by atoms with Crippen LogP contribution in [0.2, 0.25) is 0 Å². The van der Waals surface area contributed by atoms with E-state index in [1.54, 1.807) is 0 Å². The Labute approximate surface area is 151 Å². The van der Waals surface area contributed by atoms with E-state index in [0.717, 1.165) is 43.9 Å². The monoisotopic (exact) mass is 344 g/mol. The average molecular weight is 344 g/mol. The fourth-order valence-electron chi connectivity index (χ4n) is 8.00. The van der Waals surface area contributed by atoms with Crippen LogP contribution in [0.4, 0.5) is 0 Å². The summed E-state index contributed by atoms with van der Waals surface area (Å²) in [5.74, 6) is 2.27. The average Bonchev–Trinajstić information content (AvgIpc) is 3.10. The number of ether oxygens (including phenoxy) is 1. The van der Waals surface area contributed by atoms with Gasteiger partial charge in [0.15, 0.2) is 0 Å². The van der Waals surface area contributed by atoms with Gasteiger partial charge in [-0.1, -0.05) is 25.5 Å². The lowest BCUT2D eigenvalue weighted by atomic mass is 9.46. The van der Waals surface area contributed by atoms with Gasteiger partial charge in [0, 0.05) is 11.8 Å². The van der Waals surface area contributed by atoms with E-state index >= 15 is 0 Å². The molecule has 0 aromatic heterocycles. The molecule has 0 radical (unpaired) electrons. The Balaban J connectivity index is 1.48. The fourth-order valence-corrected chi connectivity index (χ4v) is 8.00. The van der Waals surface area contributed by atoms with E-state index in [9.17, 15) is 9.90 Å². The van der Waals surface area contributed by atoms with Crippen LogP contribution >= 0.6 is 0 Å². The summed E-state index contributed by atoms with van der Waals surface area (Å²) in [4.78, 5) is 11.9. The molecule has 25 heavy (non-hydrogen) atoms. The van der Waals surface area contributed by atoms with E-state index in [0.29, 0.717) is 17.8 Å². The van der Waals surface area contributed by atoms with Crippen LogP contribution in [-0.4, -0.2) is 22.8 Å². The van der Waals surface area contributed by atoms with E-state index in [1.165, 1.54) is 31.3 Å². The Morgan fingerprint density at radius 1 is 1.00 bits per heavy atom. The molecule has 3 saturated carbocycles. The van der Waals surface area contributed by atoms with E-state index in [-0.39, 0.29) is 23.1 Å². The third-order valence-corrected chi connectivity index (χ3v) is 9.42. The lowest BCUT2D eigenvalue weighted by Gasteiger charge is -2.59. The predicted octanol–water partition coefficient (Wildman–Crippen LogP) is 4.39. The van der Waals surface area contributed by atoms with Gasteiger partial charge in [-0.2, -0.15) is 0 Å². The molecule has 0 bridgehead atoms. The molecular formula is C22H32O3. The summed E-state index contributed by atoms with van der Waals surface area (Å²) in [6.07, 6.45) is 12.8. The van der Waals surface area contributed by atoms with Gasteiger partial charge in [-0.25, -0.2) is 0 Å². The third-order valence-electron chi connectivity index (χ3n) is 9.42. The molecular weight excluding hydrogens is 312 g/mol. The van der Waals surface area contributed by atoms with Gasteiger partial charge in [-0.15, -0.1) is 0 Å². The number of hydrogen-bond acceptors (Lipinski definition) is 3. The van der Waals surface area contributed by atoms with Crippen LogP contribution in [0.15, 0.2) is 11.6 Å². The smallest absolute Gasteiger partial charge is 0.306 e. The molecule has 5 rings (SSSR count). The summed E-state index contributed by atoms with van der Waals surface area (Å²) >= 11 is 0.